The summed E-state index contributed by atoms with van der Waals surface area (Å²) in [6.45, 7) is 0. The molecular weight excluding hydrogens is 693 g/mol. The number of hydrogen-bond acceptors (Lipinski definition) is 2. The summed E-state index contributed by atoms with van der Waals surface area (Å²) in [7, 11) is 0. The van der Waals surface area contributed by atoms with Crippen molar-refractivity contribution in [1.82, 2.24) is 4.57 Å². The van der Waals surface area contributed by atoms with Crippen molar-refractivity contribution < 1.29 is 4.42 Å². The van der Waals surface area contributed by atoms with Crippen LogP contribution in [0.4, 0.5) is 17.1 Å². The van der Waals surface area contributed by atoms with Gasteiger partial charge in [-0.2, -0.15) is 0 Å². The lowest BCUT2D eigenvalue weighted by Crippen LogP contribution is -2.11. The maximum Gasteiger partial charge on any atom is 0.136 e. The van der Waals surface area contributed by atoms with Gasteiger partial charge >= 0.3 is 0 Å². The molecule has 0 aliphatic rings. The molecule has 11 rings (SSSR count). The van der Waals surface area contributed by atoms with Crippen LogP contribution in [0.1, 0.15) is 0 Å². The van der Waals surface area contributed by atoms with Crippen LogP contribution in [-0.2, 0) is 0 Å². The molecule has 0 fully saturated rings. The van der Waals surface area contributed by atoms with Gasteiger partial charge in [-0.3, -0.25) is 0 Å². The van der Waals surface area contributed by atoms with Gasteiger partial charge in [0.15, 0.2) is 0 Å². The van der Waals surface area contributed by atoms with Crippen LogP contribution in [0.25, 0.3) is 82.8 Å². The quantitative estimate of drug-likeness (QED) is 0.163. The van der Waals surface area contributed by atoms with E-state index in [0.29, 0.717) is 0 Å². The third-order valence-corrected chi connectivity index (χ3v) is 11.2. The lowest BCUT2D eigenvalue weighted by Gasteiger charge is -2.28. The highest BCUT2D eigenvalue weighted by Gasteiger charge is 2.21. The second-order valence-corrected chi connectivity index (χ2v) is 14.5. The van der Waals surface area contributed by atoms with Crippen molar-refractivity contribution in [3.63, 3.8) is 0 Å². The van der Waals surface area contributed by atoms with Crippen LogP contribution in [0.2, 0.25) is 0 Å². The Bertz CT molecular complexity index is 3190. The first-order valence-corrected chi connectivity index (χ1v) is 19.4. The highest BCUT2D eigenvalue weighted by atomic mass is 16.3. The fraction of sp³-hybridized carbons (Fsp3) is 0. The monoisotopic (exact) mass is 728 g/mol. The minimum Gasteiger partial charge on any atom is -0.456 e. The molecule has 0 N–H and O–H groups in total. The molecule has 0 unspecified atom stereocenters. The first-order chi connectivity index (χ1) is 28.3. The van der Waals surface area contributed by atoms with Crippen molar-refractivity contribution in [3.05, 3.63) is 218 Å². The Morgan fingerprint density at radius 1 is 0.351 bits per heavy atom. The first kappa shape index (κ1) is 32.8. The normalized spacial score (nSPS) is 11.5. The Morgan fingerprint density at radius 3 is 1.67 bits per heavy atom. The summed E-state index contributed by atoms with van der Waals surface area (Å²) < 4.78 is 8.76. The fourth-order valence-corrected chi connectivity index (χ4v) is 8.61. The van der Waals surface area contributed by atoms with Crippen molar-refractivity contribution in [2.45, 2.75) is 0 Å². The van der Waals surface area contributed by atoms with E-state index < -0.39 is 0 Å². The molecule has 268 valence electrons. The summed E-state index contributed by atoms with van der Waals surface area (Å²) >= 11 is 0. The summed E-state index contributed by atoms with van der Waals surface area (Å²) in [4.78, 5) is 2.40. The third kappa shape index (κ3) is 5.60. The van der Waals surface area contributed by atoms with Crippen molar-refractivity contribution in [3.8, 4) is 39.1 Å². The molecule has 2 heterocycles. The Hall–Kier alpha value is -7.62. The molecule has 3 heteroatoms. The van der Waals surface area contributed by atoms with Crippen LogP contribution in [-0.4, -0.2) is 4.57 Å². The van der Waals surface area contributed by atoms with E-state index in [1.807, 2.05) is 12.1 Å². The Balaban J connectivity index is 1.10. The number of furan rings is 1. The van der Waals surface area contributed by atoms with Gasteiger partial charge in [0.1, 0.15) is 11.2 Å². The highest BCUT2D eigenvalue weighted by Crippen LogP contribution is 2.45. The van der Waals surface area contributed by atoms with Crippen LogP contribution in [0.5, 0.6) is 0 Å². The summed E-state index contributed by atoms with van der Waals surface area (Å²) in [6, 6.07) is 78.2. The summed E-state index contributed by atoms with van der Waals surface area (Å²) in [5.41, 5.74) is 15.5. The molecule has 2 aromatic heterocycles. The van der Waals surface area contributed by atoms with Gasteiger partial charge in [-0.05, 0) is 101 Å². The molecular formula is C54H36N2O. The smallest absolute Gasteiger partial charge is 0.136 e. The molecule has 0 bridgehead atoms. The third-order valence-electron chi connectivity index (χ3n) is 11.2. The minimum absolute atomic E-state index is 0.880. The molecule has 0 radical (unpaired) electrons. The molecule has 0 saturated heterocycles. The lowest BCUT2D eigenvalue weighted by atomic mass is 9.96. The van der Waals surface area contributed by atoms with E-state index >= 15 is 0 Å². The summed E-state index contributed by atoms with van der Waals surface area (Å²) in [5.74, 6) is 0. The maximum absolute atomic E-state index is 6.38. The SMILES string of the molecule is c1ccc(-c2cccc(-c3cccc(N(c4ccc(-n5c6ccccc6c6ccccc65)cc4)c4ccccc4-c4cccc5oc6ccccc6c45)c3)c2)cc1. The van der Waals surface area contributed by atoms with Gasteiger partial charge < -0.3 is 13.9 Å². The molecule has 57 heavy (non-hydrogen) atoms. The molecule has 3 nitrogen and oxygen atoms in total. The number of nitrogens with zero attached hydrogens (tertiary/aromatic N) is 2. The van der Waals surface area contributed by atoms with Crippen molar-refractivity contribution >= 4 is 60.8 Å². The largest absolute Gasteiger partial charge is 0.456 e. The topological polar surface area (TPSA) is 21.3 Å². The van der Waals surface area contributed by atoms with Crippen molar-refractivity contribution in [1.29, 1.82) is 0 Å². The maximum atomic E-state index is 6.38. The van der Waals surface area contributed by atoms with Gasteiger partial charge in [0.2, 0.25) is 0 Å². The number of anilines is 3. The predicted molar refractivity (Wildman–Crippen MR) is 239 cm³/mol. The van der Waals surface area contributed by atoms with Gasteiger partial charge in [-0.25, -0.2) is 0 Å². The van der Waals surface area contributed by atoms with Crippen molar-refractivity contribution in [2.24, 2.45) is 0 Å². The lowest BCUT2D eigenvalue weighted by molar-refractivity contribution is 0.669. The number of benzene rings is 9. The van der Waals surface area contributed by atoms with Gasteiger partial charge in [0, 0.05) is 44.2 Å². The van der Waals surface area contributed by atoms with Gasteiger partial charge in [0.25, 0.3) is 0 Å². The molecule has 0 spiro atoms. The van der Waals surface area contributed by atoms with Gasteiger partial charge in [-0.15, -0.1) is 0 Å². The van der Waals surface area contributed by atoms with Crippen LogP contribution in [0.15, 0.2) is 223 Å². The minimum atomic E-state index is 0.880. The zero-order valence-electron chi connectivity index (χ0n) is 31.1. The first-order valence-electron chi connectivity index (χ1n) is 19.4. The molecule has 0 atom stereocenters. The average Bonchev–Trinajstić information content (AvgIpc) is 3.84. The van der Waals surface area contributed by atoms with E-state index in [1.54, 1.807) is 0 Å². The van der Waals surface area contributed by atoms with E-state index in [2.05, 4.69) is 216 Å². The number of hydrogen-bond donors (Lipinski definition) is 0. The summed E-state index contributed by atoms with van der Waals surface area (Å²) in [5, 5.41) is 4.73. The molecule has 0 saturated carbocycles. The molecule has 0 aliphatic carbocycles. The van der Waals surface area contributed by atoms with E-state index in [1.165, 1.54) is 38.5 Å². The number of aromatic nitrogens is 1. The van der Waals surface area contributed by atoms with Crippen LogP contribution >= 0.6 is 0 Å². The van der Waals surface area contributed by atoms with Crippen LogP contribution in [0, 0.1) is 0 Å². The number of para-hydroxylation sites is 4. The molecule has 0 amide bonds. The van der Waals surface area contributed by atoms with E-state index in [-0.39, 0.29) is 0 Å². The molecule has 0 aliphatic heterocycles. The van der Waals surface area contributed by atoms with E-state index in [9.17, 15) is 0 Å². The Kier molecular flexibility index (Phi) is 7.82. The molecule has 9 aromatic carbocycles. The number of fused-ring (bicyclic) bond motifs is 6. The van der Waals surface area contributed by atoms with Gasteiger partial charge in [-0.1, -0.05) is 146 Å². The second kappa shape index (κ2) is 13.6. The van der Waals surface area contributed by atoms with Crippen molar-refractivity contribution in [2.75, 3.05) is 4.90 Å². The van der Waals surface area contributed by atoms with Crippen LogP contribution in [0.3, 0.4) is 0 Å². The summed E-state index contributed by atoms with van der Waals surface area (Å²) in [6.07, 6.45) is 0. The van der Waals surface area contributed by atoms with Gasteiger partial charge in [0.05, 0.1) is 16.7 Å². The average molecular weight is 729 g/mol. The zero-order valence-corrected chi connectivity index (χ0v) is 31.1. The second-order valence-electron chi connectivity index (χ2n) is 14.5. The number of rotatable bonds is 7. The van der Waals surface area contributed by atoms with Crippen LogP contribution < -0.4 is 4.90 Å². The Morgan fingerprint density at radius 2 is 0.895 bits per heavy atom. The van der Waals surface area contributed by atoms with E-state index in [4.69, 9.17) is 4.42 Å². The molecule has 11 aromatic rings. The fourth-order valence-electron chi connectivity index (χ4n) is 8.61. The van der Waals surface area contributed by atoms with E-state index in [0.717, 1.165) is 61.4 Å². The highest BCUT2D eigenvalue weighted by molar-refractivity contribution is 6.14. The standard InChI is InChI=1S/C54H36N2O/c1-2-15-37(16-3-1)38-17-12-18-39(35-38)40-19-13-20-43(36-40)55(41-31-33-42(34-32-41)56-50-27-9-4-21-44(50)45-22-5-10-28-51(45)56)49-26-8-6-23-46(49)47-25-14-30-53-54(47)48-24-7-11-29-52(48)57-53/h1-36H. The Labute approximate surface area is 330 Å². The zero-order chi connectivity index (χ0) is 37.7. The predicted octanol–water partition coefficient (Wildman–Crippen LogP) is 15.2.